The van der Waals surface area contributed by atoms with Crippen molar-refractivity contribution in [2.45, 2.75) is 44.6 Å². The summed E-state index contributed by atoms with van der Waals surface area (Å²) in [6, 6.07) is 0.237. The summed E-state index contributed by atoms with van der Waals surface area (Å²) in [6.07, 6.45) is 5.06. The number of carboxylic acids is 1. The van der Waals surface area contributed by atoms with Gasteiger partial charge in [-0.15, -0.1) is 0 Å². The maximum absolute atomic E-state index is 12.4. The third kappa shape index (κ3) is 2.83. The number of carbonyl (C=O) groups is 2. The fourth-order valence-electron chi connectivity index (χ4n) is 2.90. The largest absolute Gasteiger partial charge is 0.481 e. The van der Waals surface area contributed by atoms with Crippen LogP contribution in [0.2, 0.25) is 0 Å². The summed E-state index contributed by atoms with van der Waals surface area (Å²) in [4.78, 5) is 25.4. The lowest BCUT2D eigenvalue weighted by Crippen LogP contribution is -2.44. The summed E-state index contributed by atoms with van der Waals surface area (Å²) in [6.45, 7) is 0.291. The highest BCUT2D eigenvalue weighted by atomic mass is 16.4. The number of aliphatic hydroxyl groups is 1. The summed E-state index contributed by atoms with van der Waals surface area (Å²) < 4.78 is 0. The molecule has 18 heavy (non-hydrogen) atoms. The van der Waals surface area contributed by atoms with Gasteiger partial charge in [0.05, 0.1) is 18.4 Å². The molecule has 2 saturated carbocycles. The standard InChI is InChI=1S/C13H21NO4/c15-8-7-14(9-5-6-9)12(16)10-3-1-2-4-11(10)13(17)18/h9-11,15H,1-8H2,(H,17,18)/t10-,11+/m1/s1. The minimum atomic E-state index is -0.854. The second-order valence-corrected chi connectivity index (χ2v) is 5.32. The molecule has 2 atom stereocenters. The Morgan fingerprint density at radius 2 is 1.67 bits per heavy atom. The Labute approximate surface area is 107 Å². The first-order chi connectivity index (χ1) is 8.65. The first-order valence-corrected chi connectivity index (χ1v) is 6.79. The van der Waals surface area contributed by atoms with Gasteiger partial charge in [0.15, 0.2) is 0 Å². The van der Waals surface area contributed by atoms with Gasteiger partial charge in [-0.3, -0.25) is 9.59 Å². The van der Waals surface area contributed by atoms with E-state index in [1.54, 1.807) is 4.90 Å². The van der Waals surface area contributed by atoms with Crippen LogP contribution in [0.25, 0.3) is 0 Å². The Balaban J connectivity index is 2.06. The summed E-state index contributed by atoms with van der Waals surface area (Å²) >= 11 is 0. The van der Waals surface area contributed by atoms with Crippen LogP contribution in [0, 0.1) is 11.8 Å². The lowest BCUT2D eigenvalue weighted by molar-refractivity contribution is -0.152. The Kier molecular flexibility index (Phi) is 4.22. The molecule has 0 aliphatic heterocycles. The molecule has 0 aromatic heterocycles. The van der Waals surface area contributed by atoms with Crippen LogP contribution in [-0.2, 0) is 9.59 Å². The molecule has 2 aliphatic rings. The summed E-state index contributed by atoms with van der Waals surface area (Å²) in [5.74, 6) is -1.83. The minimum Gasteiger partial charge on any atom is -0.481 e. The van der Waals surface area contributed by atoms with E-state index in [0.717, 1.165) is 25.7 Å². The molecule has 0 saturated heterocycles. The van der Waals surface area contributed by atoms with E-state index in [4.69, 9.17) is 5.11 Å². The van der Waals surface area contributed by atoms with Crippen LogP contribution in [0.4, 0.5) is 0 Å². The van der Waals surface area contributed by atoms with Crippen molar-refractivity contribution in [3.05, 3.63) is 0 Å². The molecule has 0 unspecified atom stereocenters. The Bertz CT molecular complexity index is 327. The molecule has 2 rings (SSSR count). The van der Waals surface area contributed by atoms with Crippen molar-refractivity contribution in [2.75, 3.05) is 13.2 Å². The van der Waals surface area contributed by atoms with Gasteiger partial charge >= 0.3 is 5.97 Å². The van der Waals surface area contributed by atoms with Gasteiger partial charge in [0.25, 0.3) is 0 Å². The lowest BCUT2D eigenvalue weighted by atomic mass is 9.78. The maximum atomic E-state index is 12.4. The molecule has 5 heteroatoms. The maximum Gasteiger partial charge on any atom is 0.307 e. The number of amides is 1. The molecule has 102 valence electrons. The fourth-order valence-corrected chi connectivity index (χ4v) is 2.90. The van der Waals surface area contributed by atoms with E-state index >= 15 is 0 Å². The van der Waals surface area contributed by atoms with E-state index in [9.17, 15) is 14.7 Å². The molecule has 0 radical (unpaired) electrons. The first kappa shape index (κ1) is 13.3. The molecular weight excluding hydrogens is 234 g/mol. The van der Waals surface area contributed by atoms with Gasteiger partial charge in [-0.05, 0) is 25.7 Å². The monoisotopic (exact) mass is 255 g/mol. The van der Waals surface area contributed by atoms with Crippen molar-refractivity contribution in [2.24, 2.45) is 11.8 Å². The van der Waals surface area contributed by atoms with Crippen molar-refractivity contribution in [3.63, 3.8) is 0 Å². The molecule has 0 aromatic rings. The predicted molar refractivity (Wildman–Crippen MR) is 64.9 cm³/mol. The number of carbonyl (C=O) groups excluding carboxylic acids is 1. The number of nitrogens with zero attached hydrogens (tertiary/aromatic N) is 1. The van der Waals surface area contributed by atoms with Crippen molar-refractivity contribution in [3.8, 4) is 0 Å². The average molecular weight is 255 g/mol. The number of carboxylic acid groups (broad SMARTS) is 1. The molecule has 0 aromatic carbocycles. The highest BCUT2D eigenvalue weighted by Crippen LogP contribution is 2.35. The Hall–Kier alpha value is -1.10. The van der Waals surface area contributed by atoms with E-state index in [0.29, 0.717) is 19.4 Å². The second-order valence-electron chi connectivity index (χ2n) is 5.32. The Morgan fingerprint density at radius 1 is 1.06 bits per heavy atom. The zero-order chi connectivity index (χ0) is 13.1. The van der Waals surface area contributed by atoms with E-state index in [-0.39, 0.29) is 24.5 Å². The van der Waals surface area contributed by atoms with Gasteiger partial charge in [-0.2, -0.15) is 0 Å². The third-order valence-electron chi connectivity index (χ3n) is 4.01. The van der Waals surface area contributed by atoms with Crippen LogP contribution in [0.1, 0.15) is 38.5 Å². The molecule has 2 fully saturated rings. The average Bonchev–Trinajstić information content (AvgIpc) is 3.19. The zero-order valence-electron chi connectivity index (χ0n) is 10.5. The molecule has 0 heterocycles. The zero-order valence-corrected chi connectivity index (χ0v) is 10.5. The second kappa shape index (κ2) is 5.69. The van der Waals surface area contributed by atoms with E-state index < -0.39 is 11.9 Å². The van der Waals surface area contributed by atoms with Gasteiger partial charge in [-0.1, -0.05) is 12.8 Å². The van der Waals surface area contributed by atoms with Gasteiger partial charge in [0, 0.05) is 12.6 Å². The van der Waals surface area contributed by atoms with Crippen LogP contribution >= 0.6 is 0 Å². The SMILES string of the molecule is O=C(O)[C@H]1CCCC[C@H]1C(=O)N(CCO)C1CC1. The van der Waals surface area contributed by atoms with Crippen molar-refractivity contribution in [1.29, 1.82) is 0 Å². The molecule has 2 N–H and O–H groups in total. The van der Waals surface area contributed by atoms with Crippen LogP contribution in [0.15, 0.2) is 0 Å². The van der Waals surface area contributed by atoms with Crippen molar-refractivity contribution >= 4 is 11.9 Å². The number of aliphatic carboxylic acids is 1. The minimum absolute atomic E-state index is 0.0489. The van der Waals surface area contributed by atoms with Crippen LogP contribution < -0.4 is 0 Å². The van der Waals surface area contributed by atoms with Crippen LogP contribution in [0.5, 0.6) is 0 Å². The van der Waals surface area contributed by atoms with Crippen LogP contribution in [-0.4, -0.2) is 46.2 Å². The number of aliphatic hydroxyl groups excluding tert-OH is 1. The van der Waals surface area contributed by atoms with Gasteiger partial charge < -0.3 is 15.1 Å². The number of rotatable bonds is 5. The molecule has 2 aliphatic carbocycles. The first-order valence-electron chi connectivity index (χ1n) is 6.79. The highest BCUT2D eigenvalue weighted by Gasteiger charge is 2.41. The van der Waals surface area contributed by atoms with E-state index in [2.05, 4.69) is 0 Å². The van der Waals surface area contributed by atoms with Crippen LogP contribution in [0.3, 0.4) is 0 Å². The molecule has 5 nitrogen and oxygen atoms in total. The number of hydrogen-bond donors (Lipinski definition) is 2. The van der Waals surface area contributed by atoms with Gasteiger partial charge in [-0.25, -0.2) is 0 Å². The van der Waals surface area contributed by atoms with Crippen molar-refractivity contribution in [1.82, 2.24) is 4.90 Å². The highest BCUT2D eigenvalue weighted by molar-refractivity contribution is 5.85. The smallest absolute Gasteiger partial charge is 0.307 e. The topological polar surface area (TPSA) is 77.8 Å². The van der Waals surface area contributed by atoms with Gasteiger partial charge in [0.2, 0.25) is 5.91 Å². The molecular formula is C13H21NO4. The number of hydrogen-bond acceptors (Lipinski definition) is 3. The molecule has 0 bridgehead atoms. The van der Waals surface area contributed by atoms with E-state index in [1.165, 1.54) is 0 Å². The lowest BCUT2D eigenvalue weighted by Gasteiger charge is -2.32. The van der Waals surface area contributed by atoms with E-state index in [1.807, 2.05) is 0 Å². The fraction of sp³-hybridized carbons (Fsp3) is 0.846. The Morgan fingerprint density at radius 3 is 2.17 bits per heavy atom. The molecule has 0 spiro atoms. The normalized spacial score (nSPS) is 27.8. The summed E-state index contributed by atoms with van der Waals surface area (Å²) in [5, 5.41) is 18.2. The summed E-state index contributed by atoms with van der Waals surface area (Å²) in [7, 11) is 0. The molecule has 1 amide bonds. The quantitative estimate of drug-likeness (QED) is 0.764. The summed E-state index contributed by atoms with van der Waals surface area (Å²) in [5.41, 5.74) is 0. The van der Waals surface area contributed by atoms with Gasteiger partial charge in [0.1, 0.15) is 0 Å². The third-order valence-corrected chi connectivity index (χ3v) is 4.01. The predicted octanol–water partition coefficient (Wildman–Crippen LogP) is 0.861. The van der Waals surface area contributed by atoms with Crippen molar-refractivity contribution < 1.29 is 19.8 Å².